The number of carboxylic acids is 1. The smallest absolute Gasteiger partial charge is 0.323 e. The molecule has 0 spiro atoms. The summed E-state index contributed by atoms with van der Waals surface area (Å²) in [7, 11) is 0. The van der Waals surface area contributed by atoms with Crippen molar-refractivity contribution in [3.8, 4) is 0 Å². The highest BCUT2D eigenvalue weighted by Crippen LogP contribution is 2.27. The van der Waals surface area contributed by atoms with Crippen LogP contribution >= 0.6 is 0 Å². The molecule has 3 rings (SSSR count). The second-order valence-corrected chi connectivity index (χ2v) is 4.50. The summed E-state index contributed by atoms with van der Waals surface area (Å²) in [6, 6.07) is 7.63. The molecule has 2 aromatic rings. The highest BCUT2D eigenvalue weighted by molar-refractivity contribution is 5.78. The van der Waals surface area contributed by atoms with Gasteiger partial charge in [0.1, 0.15) is 12.4 Å². The number of ether oxygens (including phenoxy) is 1. The zero-order valence-electron chi connectivity index (χ0n) is 9.87. The Morgan fingerprint density at radius 2 is 2.33 bits per heavy atom. The van der Waals surface area contributed by atoms with Gasteiger partial charge in [0, 0.05) is 12.5 Å². The summed E-state index contributed by atoms with van der Waals surface area (Å²) in [5.74, 6) is 0.186. The summed E-state index contributed by atoms with van der Waals surface area (Å²) >= 11 is 0. The zero-order valence-corrected chi connectivity index (χ0v) is 9.87. The Balaban J connectivity index is 2.12. The first-order valence-electron chi connectivity index (χ1n) is 6.00. The first-order chi connectivity index (χ1) is 8.75. The number of rotatable bonds is 3. The fraction of sp³-hybridized carbons (Fsp3) is 0.385. The summed E-state index contributed by atoms with van der Waals surface area (Å²) in [6.07, 6.45) is 0.906. The minimum Gasteiger partial charge on any atom is -0.480 e. The lowest BCUT2D eigenvalue weighted by Crippen LogP contribution is -2.14. The van der Waals surface area contributed by atoms with E-state index >= 15 is 0 Å². The van der Waals surface area contributed by atoms with Crippen LogP contribution in [0.4, 0.5) is 0 Å². The number of para-hydroxylation sites is 2. The summed E-state index contributed by atoms with van der Waals surface area (Å²) in [6.45, 7) is 1.30. The van der Waals surface area contributed by atoms with E-state index in [-0.39, 0.29) is 12.5 Å². The van der Waals surface area contributed by atoms with Crippen molar-refractivity contribution in [2.45, 2.75) is 18.9 Å². The molecule has 1 fully saturated rings. The second-order valence-electron chi connectivity index (χ2n) is 4.50. The molecule has 0 saturated carbocycles. The van der Waals surface area contributed by atoms with Gasteiger partial charge in [0.25, 0.3) is 0 Å². The Morgan fingerprint density at radius 3 is 3.06 bits per heavy atom. The first kappa shape index (κ1) is 11.2. The third kappa shape index (κ3) is 1.86. The minimum atomic E-state index is -0.849. The van der Waals surface area contributed by atoms with Crippen molar-refractivity contribution in [2.75, 3.05) is 13.2 Å². The number of carboxylic acid groups (broad SMARTS) is 1. The quantitative estimate of drug-likeness (QED) is 0.893. The van der Waals surface area contributed by atoms with Crippen molar-refractivity contribution in [2.24, 2.45) is 0 Å². The van der Waals surface area contributed by atoms with Crippen LogP contribution in [0.2, 0.25) is 0 Å². The van der Waals surface area contributed by atoms with E-state index in [1.807, 2.05) is 24.3 Å². The van der Waals surface area contributed by atoms with Crippen molar-refractivity contribution in [1.29, 1.82) is 0 Å². The Kier molecular flexibility index (Phi) is 2.76. The van der Waals surface area contributed by atoms with Gasteiger partial charge in [-0.3, -0.25) is 4.79 Å². The van der Waals surface area contributed by atoms with Gasteiger partial charge in [0.05, 0.1) is 17.6 Å². The van der Waals surface area contributed by atoms with E-state index in [0.717, 1.165) is 29.9 Å². The van der Waals surface area contributed by atoms with E-state index < -0.39 is 5.97 Å². The normalized spacial score (nSPS) is 19.4. The Hall–Kier alpha value is -1.88. The van der Waals surface area contributed by atoms with Crippen molar-refractivity contribution < 1.29 is 14.6 Å². The fourth-order valence-electron chi connectivity index (χ4n) is 2.45. The summed E-state index contributed by atoms with van der Waals surface area (Å²) in [5.41, 5.74) is 1.72. The van der Waals surface area contributed by atoms with Crippen LogP contribution in [0.15, 0.2) is 24.3 Å². The van der Waals surface area contributed by atoms with Crippen LogP contribution in [-0.4, -0.2) is 33.8 Å². The largest absolute Gasteiger partial charge is 0.480 e. The third-order valence-electron chi connectivity index (χ3n) is 3.27. The number of imidazole rings is 1. The molecular weight excluding hydrogens is 232 g/mol. The highest BCUT2D eigenvalue weighted by Gasteiger charge is 2.24. The van der Waals surface area contributed by atoms with Crippen LogP contribution in [-0.2, 0) is 16.1 Å². The molecular formula is C13H14N2O3. The predicted molar refractivity (Wildman–Crippen MR) is 65.5 cm³/mol. The van der Waals surface area contributed by atoms with Crippen LogP contribution in [0.25, 0.3) is 11.0 Å². The van der Waals surface area contributed by atoms with Crippen molar-refractivity contribution in [1.82, 2.24) is 9.55 Å². The molecule has 0 bridgehead atoms. The maximum absolute atomic E-state index is 11.0. The molecule has 1 atom stereocenters. The van der Waals surface area contributed by atoms with Crippen LogP contribution in [0, 0.1) is 0 Å². The van der Waals surface area contributed by atoms with Crippen LogP contribution in [0.5, 0.6) is 0 Å². The van der Waals surface area contributed by atoms with Crippen LogP contribution in [0.3, 0.4) is 0 Å². The second kappa shape index (κ2) is 4.42. The maximum Gasteiger partial charge on any atom is 0.323 e. The zero-order chi connectivity index (χ0) is 12.5. The molecule has 0 aliphatic carbocycles. The van der Waals surface area contributed by atoms with Crippen LogP contribution < -0.4 is 0 Å². The number of aromatic nitrogens is 2. The van der Waals surface area contributed by atoms with E-state index in [2.05, 4.69) is 4.98 Å². The molecule has 1 N–H and O–H groups in total. The molecule has 5 nitrogen and oxygen atoms in total. The Labute approximate surface area is 104 Å². The molecule has 1 unspecified atom stereocenters. The monoisotopic (exact) mass is 246 g/mol. The molecule has 1 aliphatic heterocycles. The third-order valence-corrected chi connectivity index (χ3v) is 3.27. The summed E-state index contributed by atoms with van der Waals surface area (Å²) in [4.78, 5) is 15.6. The van der Waals surface area contributed by atoms with Gasteiger partial charge >= 0.3 is 5.97 Å². The number of nitrogens with zero attached hydrogens (tertiary/aromatic N) is 2. The van der Waals surface area contributed by atoms with E-state index in [4.69, 9.17) is 9.84 Å². The highest BCUT2D eigenvalue weighted by atomic mass is 16.5. The lowest BCUT2D eigenvalue weighted by Gasteiger charge is -2.10. The van der Waals surface area contributed by atoms with Gasteiger partial charge in [-0.1, -0.05) is 12.1 Å². The maximum atomic E-state index is 11.0. The molecule has 5 heteroatoms. The van der Waals surface area contributed by atoms with Gasteiger partial charge in [-0.2, -0.15) is 0 Å². The molecule has 1 aromatic heterocycles. The molecule has 0 radical (unpaired) electrons. The molecule has 18 heavy (non-hydrogen) atoms. The number of carbonyl (C=O) groups is 1. The fourth-order valence-corrected chi connectivity index (χ4v) is 2.45. The number of fused-ring (bicyclic) bond motifs is 1. The van der Waals surface area contributed by atoms with Crippen LogP contribution in [0.1, 0.15) is 18.2 Å². The summed E-state index contributed by atoms with van der Waals surface area (Å²) in [5, 5.41) is 9.03. The van der Waals surface area contributed by atoms with E-state index in [0.29, 0.717) is 6.61 Å². The first-order valence-corrected chi connectivity index (χ1v) is 6.00. The van der Waals surface area contributed by atoms with Gasteiger partial charge in [-0.05, 0) is 18.6 Å². The molecule has 94 valence electrons. The molecule has 1 aromatic carbocycles. The number of hydrogen-bond acceptors (Lipinski definition) is 3. The standard InChI is InChI=1S/C13H14N2O3/c16-12(17)7-15-11-4-2-1-3-10(11)14-13(15)9-5-6-18-8-9/h1-4,9H,5-8H2,(H,16,17). The van der Waals surface area contributed by atoms with Gasteiger partial charge in [-0.25, -0.2) is 4.98 Å². The number of benzene rings is 1. The predicted octanol–water partition coefficient (Wildman–Crippen LogP) is 1.62. The molecule has 1 saturated heterocycles. The lowest BCUT2D eigenvalue weighted by atomic mass is 10.1. The average Bonchev–Trinajstić information content (AvgIpc) is 2.96. The van der Waals surface area contributed by atoms with E-state index in [1.165, 1.54) is 0 Å². The Bertz CT molecular complexity index is 585. The van der Waals surface area contributed by atoms with Gasteiger partial charge in [0.15, 0.2) is 0 Å². The molecule has 1 aliphatic rings. The molecule has 0 amide bonds. The number of aliphatic carboxylic acids is 1. The number of hydrogen-bond donors (Lipinski definition) is 1. The van der Waals surface area contributed by atoms with E-state index in [1.54, 1.807) is 4.57 Å². The van der Waals surface area contributed by atoms with Gasteiger partial charge in [-0.15, -0.1) is 0 Å². The minimum absolute atomic E-state index is 0.0493. The lowest BCUT2D eigenvalue weighted by molar-refractivity contribution is -0.137. The van der Waals surface area contributed by atoms with Crippen molar-refractivity contribution >= 4 is 17.0 Å². The SMILES string of the molecule is O=C(O)Cn1c(C2CCOC2)nc2ccccc21. The topological polar surface area (TPSA) is 64.3 Å². The van der Waals surface area contributed by atoms with Gasteiger partial charge in [0.2, 0.25) is 0 Å². The summed E-state index contributed by atoms with van der Waals surface area (Å²) < 4.78 is 7.16. The average molecular weight is 246 g/mol. The van der Waals surface area contributed by atoms with Crippen molar-refractivity contribution in [3.63, 3.8) is 0 Å². The van der Waals surface area contributed by atoms with Gasteiger partial charge < -0.3 is 14.4 Å². The van der Waals surface area contributed by atoms with E-state index in [9.17, 15) is 4.79 Å². The van der Waals surface area contributed by atoms with Crippen molar-refractivity contribution in [3.05, 3.63) is 30.1 Å². The Morgan fingerprint density at radius 1 is 1.50 bits per heavy atom. The molecule has 2 heterocycles.